The molecule has 1 fully saturated rings. The Balaban J connectivity index is 1.51. The number of thiophene rings is 1. The second-order valence-corrected chi connectivity index (χ2v) is 8.34. The van der Waals surface area contributed by atoms with Crippen LogP contribution in [0.15, 0.2) is 30.3 Å². The molecule has 24 heavy (non-hydrogen) atoms. The van der Waals surface area contributed by atoms with Gasteiger partial charge in [-0.2, -0.15) is 0 Å². The number of nitrogens with zero attached hydrogens (tertiary/aromatic N) is 2. The summed E-state index contributed by atoms with van der Waals surface area (Å²) in [5.41, 5.74) is 0. The van der Waals surface area contributed by atoms with Crippen LogP contribution in [0.3, 0.4) is 0 Å². The van der Waals surface area contributed by atoms with E-state index in [4.69, 9.17) is 0 Å². The molecule has 1 aromatic carbocycles. The molecule has 1 saturated heterocycles. The Labute approximate surface area is 158 Å². The lowest BCUT2D eigenvalue weighted by Crippen LogP contribution is -2.54. The van der Waals surface area contributed by atoms with Crippen molar-refractivity contribution in [3.8, 4) is 11.8 Å². The van der Waals surface area contributed by atoms with Crippen molar-refractivity contribution in [2.24, 2.45) is 5.92 Å². The summed E-state index contributed by atoms with van der Waals surface area (Å²) in [7, 11) is 1.89. The Hall–Kier alpha value is -1.63. The van der Waals surface area contributed by atoms with Gasteiger partial charge >= 0.3 is 0 Å². The maximum Gasteiger partial charge on any atom is 0.298 e. The minimum Gasteiger partial charge on any atom is -0.330 e. The Morgan fingerprint density at radius 3 is 2.88 bits per heavy atom. The molecular weight excluding hydrogens is 437 g/mol. The predicted molar refractivity (Wildman–Crippen MR) is 105 cm³/mol. The number of halogens is 1. The molecule has 0 aliphatic carbocycles. The molecule has 7 heteroatoms. The molecular formula is C17H16IN3O2S. The number of hydrogen-bond acceptors (Lipinski definition) is 4. The van der Waals surface area contributed by atoms with Crippen LogP contribution in [0.5, 0.6) is 0 Å². The zero-order valence-corrected chi connectivity index (χ0v) is 16.1. The smallest absolute Gasteiger partial charge is 0.298 e. The number of benzene rings is 1. The SMILES string of the molecule is CN(I)CC#CC(=O)N1CC(C(=O)Nc2cc3ccccc3s2)C1. The van der Waals surface area contributed by atoms with E-state index in [0.717, 1.165) is 15.1 Å². The minimum absolute atomic E-state index is 0.0365. The quantitative estimate of drug-likeness (QED) is 0.442. The van der Waals surface area contributed by atoms with Crippen molar-refractivity contribution in [1.82, 2.24) is 8.01 Å². The highest BCUT2D eigenvalue weighted by molar-refractivity contribution is 14.1. The third-order valence-electron chi connectivity index (χ3n) is 3.70. The largest absolute Gasteiger partial charge is 0.330 e. The van der Waals surface area contributed by atoms with E-state index < -0.39 is 0 Å². The van der Waals surface area contributed by atoms with Crippen molar-refractivity contribution in [2.45, 2.75) is 0 Å². The van der Waals surface area contributed by atoms with Gasteiger partial charge in [0.05, 0.1) is 17.5 Å². The van der Waals surface area contributed by atoms with Gasteiger partial charge in [-0.05, 0) is 30.5 Å². The summed E-state index contributed by atoms with van der Waals surface area (Å²) in [6, 6.07) is 10.00. The fraction of sp³-hybridized carbons (Fsp3) is 0.294. The van der Waals surface area contributed by atoms with Gasteiger partial charge in [0.2, 0.25) is 5.91 Å². The van der Waals surface area contributed by atoms with Crippen LogP contribution in [0.2, 0.25) is 0 Å². The first-order chi connectivity index (χ1) is 11.5. The van der Waals surface area contributed by atoms with Crippen molar-refractivity contribution >= 4 is 61.1 Å². The first-order valence-electron chi connectivity index (χ1n) is 7.47. The summed E-state index contributed by atoms with van der Waals surface area (Å²) < 4.78 is 3.02. The summed E-state index contributed by atoms with van der Waals surface area (Å²) >= 11 is 3.67. The Morgan fingerprint density at radius 2 is 2.17 bits per heavy atom. The zero-order valence-electron chi connectivity index (χ0n) is 13.1. The van der Waals surface area contributed by atoms with Gasteiger partial charge < -0.3 is 10.2 Å². The minimum atomic E-state index is -0.209. The number of likely N-dealkylation sites (tertiary alicyclic amines) is 1. The molecule has 124 valence electrons. The van der Waals surface area contributed by atoms with Gasteiger partial charge in [-0.3, -0.25) is 9.59 Å². The van der Waals surface area contributed by atoms with Crippen LogP contribution in [0.1, 0.15) is 0 Å². The molecule has 1 aliphatic heterocycles. The van der Waals surface area contributed by atoms with E-state index in [0.29, 0.717) is 19.6 Å². The van der Waals surface area contributed by atoms with E-state index in [2.05, 4.69) is 40.0 Å². The normalized spacial score (nSPS) is 14.2. The fourth-order valence-corrected chi connectivity index (χ4v) is 3.52. The number of carbonyl (C=O) groups excluding carboxylic acids is 2. The zero-order chi connectivity index (χ0) is 17.1. The van der Waals surface area contributed by atoms with E-state index in [-0.39, 0.29) is 17.7 Å². The number of nitrogens with one attached hydrogen (secondary N) is 1. The first kappa shape index (κ1) is 17.2. The molecule has 0 saturated carbocycles. The molecule has 5 nitrogen and oxygen atoms in total. The maximum atomic E-state index is 12.3. The fourth-order valence-electron chi connectivity index (χ4n) is 2.38. The summed E-state index contributed by atoms with van der Waals surface area (Å²) in [5.74, 6) is 5.01. The van der Waals surface area contributed by atoms with Gasteiger partial charge in [0.15, 0.2) is 0 Å². The molecule has 1 aromatic heterocycles. The van der Waals surface area contributed by atoms with Crippen LogP contribution in [-0.4, -0.2) is 46.5 Å². The summed E-state index contributed by atoms with van der Waals surface area (Å²) in [4.78, 5) is 25.7. The number of hydrogen-bond donors (Lipinski definition) is 1. The number of anilines is 1. The van der Waals surface area contributed by atoms with Crippen molar-refractivity contribution in [3.05, 3.63) is 30.3 Å². The van der Waals surface area contributed by atoms with E-state index in [1.54, 1.807) is 16.2 Å². The highest BCUT2D eigenvalue weighted by atomic mass is 127. The van der Waals surface area contributed by atoms with Gasteiger partial charge in [-0.1, -0.05) is 24.1 Å². The van der Waals surface area contributed by atoms with Crippen LogP contribution >= 0.6 is 34.2 Å². The molecule has 0 radical (unpaired) electrons. The lowest BCUT2D eigenvalue weighted by Gasteiger charge is -2.36. The molecule has 0 atom stereocenters. The molecule has 2 heterocycles. The first-order valence-corrected chi connectivity index (χ1v) is 9.25. The number of carbonyl (C=O) groups is 2. The predicted octanol–water partition coefficient (Wildman–Crippen LogP) is 2.58. The topological polar surface area (TPSA) is 52.7 Å². The summed E-state index contributed by atoms with van der Waals surface area (Å²) in [5, 5.41) is 4.92. The molecule has 0 bridgehead atoms. The lowest BCUT2D eigenvalue weighted by molar-refractivity contribution is -0.136. The molecule has 2 aromatic rings. The molecule has 0 unspecified atom stereocenters. The third-order valence-corrected chi connectivity index (χ3v) is 5.08. The molecule has 1 N–H and O–H groups in total. The van der Waals surface area contributed by atoms with Crippen molar-refractivity contribution < 1.29 is 9.59 Å². The van der Waals surface area contributed by atoms with Crippen LogP contribution in [0.25, 0.3) is 10.1 Å². The second-order valence-electron chi connectivity index (χ2n) is 5.61. The monoisotopic (exact) mass is 453 g/mol. The Kier molecular flexibility index (Phi) is 5.38. The van der Waals surface area contributed by atoms with Crippen LogP contribution in [0.4, 0.5) is 5.00 Å². The Bertz CT molecular complexity index is 798. The van der Waals surface area contributed by atoms with E-state index in [9.17, 15) is 9.59 Å². The van der Waals surface area contributed by atoms with E-state index in [1.165, 1.54) is 0 Å². The van der Waals surface area contributed by atoms with E-state index >= 15 is 0 Å². The van der Waals surface area contributed by atoms with Gasteiger partial charge in [0, 0.05) is 40.7 Å². The summed E-state index contributed by atoms with van der Waals surface area (Å²) in [6.07, 6.45) is 0. The number of amides is 2. The molecule has 3 rings (SSSR count). The Morgan fingerprint density at radius 1 is 1.42 bits per heavy atom. The highest BCUT2D eigenvalue weighted by Gasteiger charge is 2.35. The van der Waals surface area contributed by atoms with Crippen LogP contribution in [-0.2, 0) is 9.59 Å². The van der Waals surface area contributed by atoms with Crippen LogP contribution in [0, 0.1) is 17.8 Å². The van der Waals surface area contributed by atoms with Gasteiger partial charge in [0.1, 0.15) is 0 Å². The highest BCUT2D eigenvalue weighted by Crippen LogP contribution is 2.30. The summed E-state index contributed by atoms with van der Waals surface area (Å²) in [6.45, 7) is 1.41. The average molecular weight is 453 g/mol. The van der Waals surface area contributed by atoms with Gasteiger partial charge in [-0.25, -0.2) is 3.11 Å². The number of rotatable bonds is 3. The van der Waals surface area contributed by atoms with Gasteiger partial charge in [-0.15, -0.1) is 11.3 Å². The van der Waals surface area contributed by atoms with E-state index in [1.807, 2.05) is 40.5 Å². The third kappa shape index (κ3) is 4.06. The van der Waals surface area contributed by atoms with Crippen molar-refractivity contribution in [1.29, 1.82) is 0 Å². The number of fused-ring (bicyclic) bond motifs is 1. The maximum absolute atomic E-state index is 12.3. The van der Waals surface area contributed by atoms with Gasteiger partial charge in [0.25, 0.3) is 5.91 Å². The van der Waals surface area contributed by atoms with Crippen molar-refractivity contribution in [2.75, 3.05) is 32.0 Å². The standard InChI is InChI=1S/C17H16IN3O2S/c1-20(18)8-4-7-16(22)21-10-13(11-21)17(23)19-15-9-12-5-2-3-6-14(12)24-15/h2-3,5-6,9,13H,8,10-11H2,1H3,(H,19,23). The average Bonchev–Trinajstić information content (AvgIpc) is 2.87. The second kappa shape index (κ2) is 7.51. The molecule has 2 amide bonds. The molecule has 0 spiro atoms. The molecule has 1 aliphatic rings. The lowest BCUT2D eigenvalue weighted by atomic mass is 9.99. The van der Waals surface area contributed by atoms with Crippen molar-refractivity contribution in [3.63, 3.8) is 0 Å². The van der Waals surface area contributed by atoms with Crippen LogP contribution < -0.4 is 5.32 Å².